The Balaban J connectivity index is 0. The van der Waals surface area contributed by atoms with E-state index in [1.54, 1.807) is 66.7 Å². The number of halogens is 7. The van der Waals surface area contributed by atoms with Crippen molar-refractivity contribution in [2.75, 3.05) is 11.5 Å². The molecule has 0 aromatic heterocycles. The van der Waals surface area contributed by atoms with E-state index in [9.17, 15) is 8.78 Å². The van der Waals surface area contributed by atoms with E-state index in [-0.39, 0.29) is 49.2 Å². The van der Waals surface area contributed by atoms with Crippen molar-refractivity contribution in [1.82, 2.24) is 0 Å². The minimum atomic E-state index is -1.48. The molecule has 0 amide bonds. The quantitative estimate of drug-likeness (QED) is 0.0997. The maximum absolute atomic E-state index is 13.7. The predicted octanol–water partition coefficient (Wildman–Crippen LogP) is 7.20. The van der Waals surface area contributed by atoms with Crippen LogP contribution in [0.4, 0.5) is 20.2 Å². The van der Waals surface area contributed by atoms with Crippen LogP contribution in [0.25, 0.3) is 11.1 Å². The van der Waals surface area contributed by atoms with E-state index in [2.05, 4.69) is 15.9 Å². The Labute approximate surface area is 251 Å². The molecule has 0 aliphatic carbocycles. The summed E-state index contributed by atoms with van der Waals surface area (Å²) in [6.45, 7) is 0. The van der Waals surface area contributed by atoms with Gasteiger partial charge in [0.05, 0.1) is 15.8 Å². The summed E-state index contributed by atoms with van der Waals surface area (Å²) in [5.41, 5.74) is 12.4. The van der Waals surface area contributed by atoms with Crippen molar-refractivity contribution in [1.29, 1.82) is 0 Å². The van der Waals surface area contributed by atoms with Gasteiger partial charge in [-0.15, -0.1) is 36.4 Å². The Kier molecular flexibility index (Phi) is 16.3. The van der Waals surface area contributed by atoms with Crippen molar-refractivity contribution in [3.8, 4) is 11.1 Å². The van der Waals surface area contributed by atoms with E-state index in [0.29, 0.717) is 31.1 Å². The number of benzene rings is 4. The average molecular weight is 734 g/mol. The fourth-order valence-corrected chi connectivity index (χ4v) is 3.49. The molecule has 0 radical (unpaired) electrons. The molecule has 0 saturated carbocycles. The summed E-state index contributed by atoms with van der Waals surface area (Å²) >= 11 is 14.6. The van der Waals surface area contributed by atoms with E-state index in [4.69, 9.17) is 44.7 Å². The maximum Gasteiger partial charge on any atom is 0.489 e. The molecule has 12 heteroatoms. The minimum Gasteiger partial charge on any atom is -0.423 e. The van der Waals surface area contributed by atoms with Gasteiger partial charge in [-0.2, -0.15) is 0 Å². The summed E-state index contributed by atoms with van der Waals surface area (Å²) < 4.78 is 26.6. The highest BCUT2D eigenvalue weighted by Crippen LogP contribution is 2.31. The second kappa shape index (κ2) is 17.0. The first-order valence-electron chi connectivity index (χ1n) is 9.72. The van der Waals surface area contributed by atoms with Crippen molar-refractivity contribution in [2.24, 2.45) is 0 Å². The molecular formula is C24H24BBrCl3F2IN2O2. The second-order valence-electron chi connectivity index (χ2n) is 6.73. The molecule has 6 N–H and O–H groups in total. The normalized spacial score (nSPS) is 9.31. The average Bonchev–Trinajstić information content (AvgIpc) is 2.81. The van der Waals surface area contributed by atoms with Crippen LogP contribution < -0.4 is 16.9 Å². The second-order valence-corrected chi connectivity index (χ2v) is 8.40. The zero-order valence-corrected chi connectivity index (χ0v) is 24.7. The van der Waals surface area contributed by atoms with Crippen LogP contribution in [0.3, 0.4) is 0 Å². The van der Waals surface area contributed by atoms with Gasteiger partial charge in [-0.25, -0.2) is 8.78 Å². The van der Waals surface area contributed by atoms with Gasteiger partial charge in [-0.3, -0.25) is 0 Å². The molecule has 0 bridgehead atoms. The number of nitrogen functional groups attached to an aromatic ring is 2. The largest absolute Gasteiger partial charge is 0.489 e. The fourth-order valence-electron chi connectivity index (χ4n) is 2.64. The summed E-state index contributed by atoms with van der Waals surface area (Å²) in [7, 11) is -1.48. The molecule has 0 heterocycles. The van der Waals surface area contributed by atoms with E-state index in [1.165, 1.54) is 12.1 Å². The summed E-state index contributed by atoms with van der Waals surface area (Å²) in [5, 5.41) is 18.2. The SMILES string of the molecule is Cl.I.Nc1cccc(-c2ccccc2Cl)c1F.Nc1cccc(Br)c1F.OB(O)c1ccccc1Cl.[HH]. The van der Waals surface area contributed by atoms with Gasteiger partial charge in [-0.1, -0.05) is 77.8 Å². The first-order chi connectivity index (χ1) is 16.1. The first-order valence-corrected chi connectivity index (χ1v) is 11.3. The maximum atomic E-state index is 13.7. The summed E-state index contributed by atoms with van der Waals surface area (Å²) in [4.78, 5) is 0. The van der Waals surface area contributed by atoms with Crippen LogP contribution in [0.1, 0.15) is 1.43 Å². The fraction of sp³-hybridized carbons (Fsp3) is 0. The lowest BCUT2D eigenvalue weighted by atomic mass is 9.80. The van der Waals surface area contributed by atoms with Crippen LogP contribution in [0.15, 0.2) is 89.4 Å². The van der Waals surface area contributed by atoms with Crippen molar-refractivity contribution in [2.45, 2.75) is 0 Å². The monoisotopic (exact) mass is 732 g/mol. The van der Waals surface area contributed by atoms with E-state index in [1.807, 2.05) is 6.07 Å². The van der Waals surface area contributed by atoms with E-state index < -0.39 is 18.8 Å². The number of nitrogens with two attached hydrogens (primary N) is 2. The Hall–Kier alpha value is -1.60. The van der Waals surface area contributed by atoms with E-state index in [0.717, 1.165) is 0 Å². The number of rotatable bonds is 2. The lowest BCUT2D eigenvalue weighted by molar-refractivity contribution is 0.426. The highest BCUT2D eigenvalue weighted by molar-refractivity contribution is 14.0. The number of hydrogen-bond donors (Lipinski definition) is 4. The van der Waals surface area contributed by atoms with Gasteiger partial charge in [0.15, 0.2) is 11.6 Å². The molecule has 4 aromatic carbocycles. The molecule has 36 heavy (non-hydrogen) atoms. The topological polar surface area (TPSA) is 92.5 Å². The van der Waals surface area contributed by atoms with Crippen LogP contribution in [0.5, 0.6) is 0 Å². The third kappa shape index (κ3) is 10.0. The Morgan fingerprint density at radius 1 is 0.694 bits per heavy atom. The molecule has 4 aromatic rings. The van der Waals surface area contributed by atoms with Gasteiger partial charge in [0.25, 0.3) is 0 Å². The highest BCUT2D eigenvalue weighted by Gasteiger charge is 2.13. The molecule has 0 aliphatic rings. The lowest BCUT2D eigenvalue weighted by Crippen LogP contribution is -2.30. The molecule has 4 nitrogen and oxygen atoms in total. The zero-order valence-electron chi connectivity index (χ0n) is 18.4. The molecule has 0 fully saturated rings. The van der Waals surface area contributed by atoms with E-state index >= 15 is 0 Å². The van der Waals surface area contributed by atoms with Crippen molar-refractivity contribution >= 4 is 99.5 Å². The minimum absolute atomic E-state index is 0. The van der Waals surface area contributed by atoms with Gasteiger partial charge in [-0.05, 0) is 46.3 Å². The number of hydrogen-bond acceptors (Lipinski definition) is 4. The standard InChI is InChI=1S/C12H9ClFN.C6H6BClO2.C6H5BrFN.ClH.HI.H2/c13-10-6-2-1-4-8(10)9-5-3-7-11(15)12(9)14;8-6-4-2-1-3-5(6)7(9)10;7-4-2-1-3-5(9)6(4)8;;;/h1-7H,15H2;1-4,9-10H;1-3H,9H2;3*1H. The highest BCUT2D eigenvalue weighted by atomic mass is 127. The van der Waals surface area contributed by atoms with Crippen molar-refractivity contribution in [3.05, 3.63) is 111 Å². The zero-order chi connectivity index (χ0) is 25.3. The molecular weight excluding hydrogens is 710 g/mol. The molecule has 194 valence electrons. The van der Waals surface area contributed by atoms with Crippen molar-refractivity contribution < 1.29 is 20.3 Å². The molecule has 4 rings (SSSR count). The summed E-state index contributed by atoms with van der Waals surface area (Å²) in [6, 6.07) is 23.4. The first kappa shape index (κ1) is 34.4. The molecule has 0 spiro atoms. The molecule has 0 aliphatic heterocycles. The Bertz CT molecular complexity index is 1250. The van der Waals surface area contributed by atoms with Crippen LogP contribution in [-0.4, -0.2) is 17.2 Å². The van der Waals surface area contributed by atoms with Gasteiger partial charge in [0.1, 0.15) is 0 Å². The van der Waals surface area contributed by atoms with Crippen LogP contribution in [-0.2, 0) is 0 Å². The summed E-state index contributed by atoms with van der Waals surface area (Å²) in [6.07, 6.45) is 0. The third-order valence-corrected chi connectivity index (χ3v) is 5.64. The lowest BCUT2D eigenvalue weighted by Gasteiger charge is -2.06. The van der Waals surface area contributed by atoms with Gasteiger partial charge < -0.3 is 21.5 Å². The molecule has 0 unspecified atom stereocenters. The predicted molar refractivity (Wildman–Crippen MR) is 166 cm³/mol. The molecule has 0 saturated heterocycles. The van der Waals surface area contributed by atoms with Gasteiger partial charge in [0.2, 0.25) is 0 Å². The van der Waals surface area contributed by atoms with Crippen LogP contribution in [0, 0.1) is 11.6 Å². The van der Waals surface area contributed by atoms with Crippen LogP contribution >= 0.6 is 75.5 Å². The number of anilines is 2. The molecule has 0 atom stereocenters. The smallest absolute Gasteiger partial charge is 0.423 e. The van der Waals surface area contributed by atoms with Crippen molar-refractivity contribution in [3.63, 3.8) is 0 Å². The summed E-state index contributed by atoms with van der Waals surface area (Å²) in [5.74, 6) is -0.817. The van der Waals surface area contributed by atoms with Gasteiger partial charge in [0, 0.05) is 28.1 Å². The third-order valence-electron chi connectivity index (χ3n) is 4.36. The van der Waals surface area contributed by atoms with Crippen LogP contribution in [0.2, 0.25) is 10.0 Å². The Morgan fingerprint density at radius 3 is 1.64 bits per heavy atom. The van der Waals surface area contributed by atoms with Gasteiger partial charge >= 0.3 is 7.12 Å². The Morgan fingerprint density at radius 2 is 1.17 bits per heavy atom.